The molecule has 1 amide bonds. The number of pyridine rings is 1. The number of nitrogens with zero attached hydrogens (tertiary/aromatic N) is 2. The first kappa shape index (κ1) is 15.5. The molecule has 1 aromatic heterocycles. The van der Waals surface area contributed by atoms with Crippen LogP contribution in [0.5, 0.6) is 5.75 Å². The number of benzene rings is 1. The maximum Gasteiger partial charge on any atom is 0.256 e. The van der Waals surface area contributed by atoms with Crippen LogP contribution < -0.4 is 4.74 Å². The summed E-state index contributed by atoms with van der Waals surface area (Å²) in [6.45, 7) is 3.24. The Hall–Kier alpha value is -2.43. The first-order valence-corrected chi connectivity index (χ1v) is 7.83. The van der Waals surface area contributed by atoms with Crippen LogP contribution in [0.1, 0.15) is 41.7 Å². The van der Waals surface area contributed by atoms with E-state index in [0.717, 1.165) is 30.4 Å². The van der Waals surface area contributed by atoms with Gasteiger partial charge < -0.3 is 9.64 Å². The van der Waals surface area contributed by atoms with E-state index < -0.39 is 5.82 Å². The number of hydrogen-bond donors (Lipinski definition) is 0. The van der Waals surface area contributed by atoms with E-state index >= 15 is 0 Å². The molecule has 0 bridgehead atoms. The Bertz CT molecular complexity index is 688. The second-order valence-corrected chi connectivity index (χ2v) is 5.55. The molecule has 2 heterocycles. The summed E-state index contributed by atoms with van der Waals surface area (Å²) >= 11 is 0. The Morgan fingerprint density at radius 1 is 1.35 bits per heavy atom. The van der Waals surface area contributed by atoms with Crippen molar-refractivity contribution in [2.24, 2.45) is 0 Å². The summed E-state index contributed by atoms with van der Waals surface area (Å²) in [6.07, 6.45) is 4.36. The van der Waals surface area contributed by atoms with E-state index in [4.69, 9.17) is 4.74 Å². The van der Waals surface area contributed by atoms with Crippen LogP contribution in [-0.2, 0) is 0 Å². The molecule has 120 valence electrons. The van der Waals surface area contributed by atoms with Gasteiger partial charge in [-0.05, 0) is 43.5 Å². The quantitative estimate of drug-likeness (QED) is 0.866. The SMILES string of the molecule is CCOc1ccc(C2CCCN2C(=O)c2cncc(F)c2)cc1. The molecule has 1 fully saturated rings. The van der Waals surface area contributed by atoms with Gasteiger partial charge in [0, 0.05) is 12.7 Å². The lowest BCUT2D eigenvalue weighted by molar-refractivity contribution is 0.0734. The summed E-state index contributed by atoms with van der Waals surface area (Å²) < 4.78 is 18.8. The van der Waals surface area contributed by atoms with Gasteiger partial charge in [-0.1, -0.05) is 12.1 Å². The van der Waals surface area contributed by atoms with Crippen molar-refractivity contribution in [3.63, 3.8) is 0 Å². The van der Waals surface area contributed by atoms with E-state index in [1.807, 2.05) is 31.2 Å². The Morgan fingerprint density at radius 2 is 2.13 bits per heavy atom. The van der Waals surface area contributed by atoms with E-state index in [1.165, 1.54) is 12.3 Å². The Labute approximate surface area is 134 Å². The van der Waals surface area contributed by atoms with Crippen LogP contribution in [0.25, 0.3) is 0 Å². The minimum Gasteiger partial charge on any atom is -0.494 e. The minimum atomic E-state index is -0.493. The molecule has 1 aliphatic rings. The van der Waals surface area contributed by atoms with Crippen LogP contribution in [0.4, 0.5) is 4.39 Å². The molecule has 0 radical (unpaired) electrons. The van der Waals surface area contributed by atoms with Gasteiger partial charge in [0.05, 0.1) is 24.4 Å². The van der Waals surface area contributed by atoms with Crippen LogP contribution in [0, 0.1) is 5.82 Å². The van der Waals surface area contributed by atoms with Crippen LogP contribution >= 0.6 is 0 Å². The third kappa shape index (κ3) is 3.33. The summed E-state index contributed by atoms with van der Waals surface area (Å²) in [5.41, 5.74) is 1.37. The first-order valence-electron chi connectivity index (χ1n) is 7.83. The minimum absolute atomic E-state index is 0.0152. The predicted molar refractivity (Wildman–Crippen MR) is 84.8 cm³/mol. The van der Waals surface area contributed by atoms with Gasteiger partial charge in [-0.15, -0.1) is 0 Å². The normalized spacial score (nSPS) is 17.3. The third-order valence-electron chi connectivity index (χ3n) is 4.04. The molecular weight excluding hydrogens is 295 g/mol. The van der Waals surface area contributed by atoms with Gasteiger partial charge in [-0.25, -0.2) is 4.39 Å². The van der Waals surface area contributed by atoms with E-state index in [0.29, 0.717) is 18.7 Å². The van der Waals surface area contributed by atoms with Crippen molar-refractivity contribution in [3.05, 3.63) is 59.7 Å². The van der Waals surface area contributed by atoms with E-state index in [2.05, 4.69) is 4.98 Å². The number of amides is 1. The molecule has 0 saturated carbocycles. The van der Waals surface area contributed by atoms with Crippen molar-refractivity contribution in [1.82, 2.24) is 9.88 Å². The number of ether oxygens (including phenoxy) is 1. The monoisotopic (exact) mass is 314 g/mol. The Morgan fingerprint density at radius 3 is 2.83 bits per heavy atom. The average molecular weight is 314 g/mol. The molecule has 0 aliphatic carbocycles. The van der Waals surface area contributed by atoms with Crippen molar-refractivity contribution in [2.75, 3.05) is 13.2 Å². The predicted octanol–water partition coefficient (Wildman–Crippen LogP) is 3.60. The second-order valence-electron chi connectivity index (χ2n) is 5.55. The number of carbonyl (C=O) groups is 1. The molecule has 1 aliphatic heterocycles. The molecular formula is C18H19FN2O2. The number of aromatic nitrogens is 1. The zero-order valence-electron chi connectivity index (χ0n) is 13.0. The molecule has 1 saturated heterocycles. The topological polar surface area (TPSA) is 42.4 Å². The lowest BCUT2D eigenvalue weighted by Crippen LogP contribution is -2.30. The van der Waals surface area contributed by atoms with Gasteiger partial charge in [-0.3, -0.25) is 9.78 Å². The smallest absolute Gasteiger partial charge is 0.256 e. The maximum absolute atomic E-state index is 13.3. The Kier molecular flexibility index (Phi) is 4.55. The zero-order valence-corrected chi connectivity index (χ0v) is 13.0. The van der Waals surface area contributed by atoms with E-state index in [9.17, 15) is 9.18 Å². The van der Waals surface area contributed by atoms with Gasteiger partial charge in [0.15, 0.2) is 0 Å². The molecule has 0 spiro atoms. The molecule has 0 N–H and O–H groups in total. The molecule has 1 unspecified atom stereocenters. The molecule has 1 atom stereocenters. The second kappa shape index (κ2) is 6.77. The lowest BCUT2D eigenvalue weighted by atomic mass is 10.0. The summed E-state index contributed by atoms with van der Waals surface area (Å²) in [6, 6.07) is 9.08. The summed E-state index contributed by atoms with van der Waals surface area (Å²) in [7, 11) is 0. The molecule has 1 aromatic carbocycles. The molecule has 5 heteroatoms. The first-order chi connectivity index (χ1) is 11.2. The third-order valence-corrected chi connectivity index (χ3v) is 4.04. The maximum atomic E-state index is 13.3. The summed E-state index contributed by atoms with van der Waals surface area (Å²) in [5, 5.41) is 0. The number of rotatable bonds is 4. The number of halogens is 1. The number of likely N-dealkylation sites (tertiary alicyclic amines) is 1. The molecule has 4 nitrogen and oxygen atoms in total. The van der Waals surface area contributed by atoms with Crippen LogP contribution in [0.3, 0.4) is 0 Å². The number of hydrogen-bond acceptors (Lipinski definition) is 3. The van der Waals surface area contributed by atoms with Crippen LogP contribution in [0.2, 0.25) is 0 Å². The van der Waals surface area contributed by atoms with E-state index in [-0.39, 0.29) is 11.9 Å². The largest absolute Gasteiger partial charge is 0.494 e. The fourth-order valence-corrected chi connectivity index (χ4v) is 3.00. The van der Waals surface area contributed by atoms with Crippen LogP contribution in [-0.4, -0.2) is 28.9 Å². The Balaban J connectivity index is 1.81. The highest BCUT2D eigenvalue weighted by molar-refractivity contribution is 5.94. The van der Waals surface area contributed by atoms with Crippen molar-refractivity contribution in [1.29, 1.82) is 0 Å². The highest BCUT2D eigenvalue weighted by atomic mass is 19.1. The van der Waals surface area contributed by atoms with Gasteiger partial charge in [0.1, 0.15) is 11.6 Å². The number of carbonyl (C=O) groups excluding carboxylic acids is 1. The van der Waals surface area contributed by atoms with Crippen molar-refractivity contribution < 1.29 is 13.9 Å². The fraction of sp³-hybridized carbons (Fsp3) is 0.333. The molecule has 2 aromatic rings. The zero-order chi connectivity index (χ0) is 16.2. The standard InChI is InChI=1S/C18H19FN2O2/c1-2-23-16-7-5-13(6-8-16)17-4-3-9-21(17)18(22)14-10-15(19)12-20-11-14/h5-8,10-12,17H,2-4,9H2,1H3. The molecule has 3 rings (SSSR count). The highest BCUT2D eigenvalue weighted by Gasteiger charge is 2.30. The van der Waals surface area contributed by atoms with Gasteiger partial charge in [0.25, 0.3) is 5.91 Å². The van der Waals surface area contributed by atoms with Crippen molar-refractivity contribution in [2.45, 2.75) is 25.8 Å². The van der Waals surface area contributed by atoms with Gasteiger partial charge >= 0.3 is 0 Å². The lowest BCUT2D eigenvalue weighted by Gasteiger charge is -2.25. The van der Waals surface area contributed by atoms with E-state index in [1.54, 1.807) is 4.90 Å². The average Bonchev–Trinajstić information content (AvgIpc) is 3.05. The van der Waals surface area contributed by atoms with Crippen molar-refractivity contribution in [3.8, 4) is 5.75 Å². The summed E-state index contributed by atoms with van der Waals surface area (Å²) in [5.74, 6) is 0.155. The van der Waals surface area contributed by atoms with Gasteiger partial charge in [0.2, 0.25) is 0 Å². The van der Waals surface area contributed by atoms with Crippen molar-refractivity contribution >= 4 is 5.91 Å². The van der Waals surface area contributed by atoms with Gasteiger partial charge in [-0.2, -0.15) is 0 Å². The van der Waals surface area contributed by atoms with Crippen LogP contribution in [0.15, 0.2) is 42.7 Å². The molecule has 23 heavy (non-hydrogen) atoms. The fourth-order valence-electron chi connectivity index (χ4n) is 3.00. The highest BCUT2D eigenvalue weighted by Crippen LogP contribution is 2.33. The summed E-state index contributed by atoms with van der Waals surface area (Å²) in [4.78, 5) is 18.2.